The van der Waals surface area contributed by atoms with Gasteiger partial charge >= 0.3 is 5.97 Å². The molecule has 4 aliphatic heterocycles. The van der Waals surface area contributed by atoms with Crippen LogP contribution in [0.3, 0.4) is 0 Å². The second-order valence-corrected chi connectivity index (χ2v) is 9.82. The number of fused-ring (bicyclic) bond motifs is 4. The Bertz CT molecular complexity index is 1130. The van der Waals surface area contributed by atoms with Crippen LogP contribution in [0.25, 0.3) is 10.9 Å². The number of methoxy groups -OCH3 is 1. The van der Waals surface area contributed by atoms with Crippen molar-refractivity contribution in [3.8, 4) is 5.75 Å². The van der Waals surface area contributed by atoms with Gasteiger partial charge in [0.2, 0.25) is 0 Å². The molecule has 10 nitrogen and oxygen atoms in total. The Balaban J connectivity index is 1.55. The maximum atomic E-state index is 11.7. The van der Waals surface area contributed by atoms with Crippen molar-refractivity contribution in [3.63, 3.8) is 0 Å². The van der Waals surface area contributed by atoms with Crippen LogP contribution in [-0.4, -0.2) is 93.2 Å². The fourth-order valence-corrected chi connectivity index (χ4v) is 5.89. The van der Waals surface area contributed by atoms with Gasteiger partial charge in [0.1, 0.15) is 30.2 Å². The van der Waals surface area contributed by atoms with Crippen molar-refractivity contribution in [1.29, 1.82) is 0 Å². The Morgan fingerprint density at radius 1 is 1.25 bits per heavy atom. The number of pyridine rings is 1. The Morgan fingerprint density at radius 2 is 2.06 bits per heavy atom. The van der Waals surface area contributed by atoms with E-state index in [-0.39, 0.29) is 6.04 Å². The Labute approximate surface area is 208 Å². The minimum Gasteiger partial charge on any atom is -0.497 e. The van der Waals surface area contributed by atoms with Gasteiger partial charge in [0.25, 0.3) is 0 Å². The molecule has 2 aromatic rings. The summed E-state index contributed by atoms with van der Waals surface area (Å²) >= 11 is 0. The van der Waals surface area contributed by atoms with Gasteiger partial charge in [0, 0.05) is 24.2 Å². The molecule has 4 fully saturated rings. The summed E-state index contributed by atoms with van der Waals surface area (Å²) in [5.41, 5.74) is 1.51. The smallest absolute Gasteiger partial charge is 0.335 e. The van der Waals surface area contributed by atoms with Gasteiger partial charge in [-0.3, -0.25) is 9.88 Å². The topological polar surface area (TPSA) is 142 Å². The molecule has 0 spiro atoms. The summed E-state index contributed by atoms with van der Waals surface area (Å²) in [6, 6.07) is 7.28. The number of aliphatic carboxylic acids is 1. The summed E-state index contributed by atoms with van der Waals surface area (Å²) in [7, 11) is 1.58. The van der Waals surface area contributed by atoms with Crippen LogP contribution in [-0.2, 0) is 14.3 Å². The second kappa shape index (κ2) is 10.0. The average Bonchev–Trinajstić information content (AvgIpc) is 2.90. The highest BCUT2D eigenvalue weighted by Gasteiger charge is 2.50. The minimum atomic E-state index is -1.79. The van der Waals surface area contributed by atoms with Gasteiger partial charge in [-0.25, -0.2) is 4.79 Å². The zero-order valence-electron chi connectivity index (χ0n) is 20.0. The quantitative estimate of drug-likeness (QED) is 0.408. The van der Waals surface area contributed by atoms with Crippen LogP contribution in [0.2, 0.25) is 0 Å². The minimum absolute atomic E-state index is 0.0974. The molecule has 1 aromatic heterocycles. The fraction of sp³-hybridized carbons (Fsp3) is 0.538. The predicted octanol–water partition coefficient (Wildman–Crippen LogP) is 1.09. The summed E-state index contributed by atoms with van der Waals surface area (Å²) in [5.74, 6) is -0.0180. The highest BCUT2D eigenvalue weighted by molar-refractivity contribution is 5.84. The molecule has 1 unspecified atom stereocenters. The number of hydrogen-bond donors (Lipinski definition) is 4. The molecule has 36 heavy (non-hydrogen) atoms. The molecule has 10 atom stereocenters. The first-order valence-electron chi connectivity index (χ1n) is 12.2. The van der Waals surface area contributed by atoms with E-state index in [9.17, 15) is 25.2 Å². The Morgan fingerprint density at radius 3 is 2.72 bits per heavy atom. The molecule has 0 aliphatic carbocycles. The number of carboxylic acid groups (broad SMARTS) is 1. The molecule has 10 heteroatoms. The first-order valence-corrected chi connectivity index (χ1v) is 12.2. The van der Waals surface area contributed by atoms with Crippen molar-refractivity contribution >= 4 is 16.9 Å². The second-order valence-electron chi connectivity index (χ2n) is 9.82. The third kappa shape index (κ3) is 4.38. The largest absolute Gasteiger partial charge is 0.497 e. The van der Waals surface area contributed by atoms with Gasteiger partial charge < -0.3 is 34.6 Å². The number of aliphatic hydroxyl groups is 3. The summed E-state index contributed by atoms with van der Waals surface area (Å²) < 4.78 is 17.3. The standard InChI is InChI=1S/C26H32N2O8/c1-3-13-12-28-9-7-14(13)10-19(28)23(16-6-8-27-18-5-4-15(34-2)11-17(16)18)35-26-22(31)20(29)21(30)24(36-26)25(32)33/h3-6,8,11,13-14,19-24,26,29-31H,1,7,9-10,12H2,2H3,(H,32,33)/t13-,14-,19-,20-,21-,22+,23+,24-,26+/m0/s1. The normalized spacial score (nSPS) is 36.9. The third-order valence-electron chi connectivity index (χ3n) is 7.89. The number of aliphatic hydroxyl groups excluding tert-OH is 3. The Hall–Kier alpha value is -2.60. The molecule has 4 aliphatic rings. The van der Waals surface area contributed by atoms with Crippen LogP contribution in [0.5, 0.6) is 5.75 Å². The molecule has 194 valence electrons. The van der Waals surface area contributed by atoms with Gasteiger partial charge in [-0.15, -0.1) is 6.58 Å². The van der Waals surface area contributed by atoms with E-state index in [1.165, 1.54) is 0 Å². The molecule has 0 amide bonds. The number of nitrogens with zero attached hydrogens (tertiary/aromatic N) is 2. The predicted molar refractivity (Wildman–Crippen MR) is 128 cm³/mol. The molecule has 6 rings (SSSR count). The van der Waals surface area contributed by atoms with Crippen molar-refractivity contribution in [2.24, 2.45) is 11.8 Å². The van der Waals surface area contributed by atoms with E-state index in [1.54, 1.807) is 13.3 Å². The van der Waals surface area contributed by atoms with E-state index in [1.807, 2.05) is 30.3 Å². The van der Waals surface area contributed by atoms with E-state index in [0.29, 0.717) is 17.6 Å². The van der Waals surface area contributed by atoms with Gasteiger partial charge in [-0.2, -0.15) is 0 Å². The lowest BCUT2D eigenvalue weighted by Crippen LogP contribution is -2.61. The molecule has 1 aromatic carbocycles. The summed E-state index contributed by atoms with van der Waals surface area (Å²) in [6.45, 7) is 5.69. The number of benzene rings is 1. The average molecular weight is 501 g/mol. The van der Waals surface area contributed by atoms with E-state index in [4.69, 9.17) is 14.2 Å². The van der Waals surface area contributed by atoms with E-state index in [0.717, 1.165) is 42.4 Å². The van der Waals surface area contributed by atoms with Gasteiger partial charge in [-0.1, -0.05) is 6.08 Å². The lowest BCUT2D eigenvalue weighted by atomic mass is 9.73. The molecule has 0 saturated carbocycles. The van der Waals surface area contributed by atoms with Crippen molar-refractivity contribution in [1.82, 2.24) is 9.88 Å². The zero-order valence-corrected chi connectivity index (χ0v) is 20.0. The number of piperidine rings is 3. The summed E-state index contributed by atoms with van der Waals surface area (Å²) in [6.07, 6.45) is -3.50. The highest BCUT2D eigenvalue weighted by atomic mass is 16.7. The lowest BCUT2D eigenvalue weighted by molar-refractivity contribution is -0.311. The van der Waals surface area contributed by atoms with Crippen molar-refractivity contribution in [3.05, 3.63) is 48.7 Å². The van der Waals surface area contributed by atoms with Crippen molar-refractivity contribution < 1.29 is 39.4 Å². The van der Waals surface area contributed by atoms with Gasteiger partial charge in [0.05, 0.1) is 12.6 Å². The fourth-order valence-electron chi connectivity index (χ4n) is 5.89. The van der Waals surface area contributed by atoms with Crippen molar-refractivity contribution in [2.45, 2.75) is 55.7 Å². The molecular formula is C26H32N2O8. The Kier molecular flexibility index (Phi) is 6.99. The van der Waals surface area contributed by atoms with Crippen LogP contribution in [0.4, 0.5) is 0 Å². The first-order chi connectivity index (χ1) is 17.3. The number of hydrogen-bond acceptors (Lipinski definition) is 9. The molecule has 5 heterocycles. The van der Waals surface area contributed by atoms with E-state index < -0.39 is 42.8 Å². The van der Waals surface area contributed by atoms with E-state index >= 15 is 0 Å². The number of carboxylic acids is 1. The maximum Gasteiger partial charge on any atom is 0.335 e. The lowest BCUT2D eigenvalue weighted by Gasteiger charge is -2.52. The molecular weight excluding hydrogens is 468 g/mol. The van der Waals surface area contributed by atoms with Gasteiger partial charge in [0.15, 0.2) is 12.4 Å². The van der Waals surface area contributed by atoms with Crippen LogP contribution >= 0.6 is 0 Å². The monoisotopic (exact) mass is 500 g/mol. The molecule has 4 saturated heterocycles. The molecule has 0 radical (unpaired) electrons. The van der Waals surface area contributed by atoms with Crippen LogP contribution in [0, 0.1) is 11.8 Å². The number of aromatic nitrogens is 1. The van der Waals surface area contributed by atoms with Gasteiger partial charge in [-0.05, 0) is 61.1 Å². The highest BCUT2D eigenvalue weighted by Crippen LogP contribution is 2.44. The van der Waals surface area contributed by atoms with Crippen LogP contribution < -0.4 is 4.74 Å². The van der Waals surface area contributed by atoms with Crippen LogP contribution in [0.15, 0.2) is 43.1 Å². The number of ether oxygens (including phenoxy) is 3. The van der Waals surface area contributed by atoms with Crippen molar-refractivity contribution in [2.75, 3.05) is 20.2 Å². The first kappa shape index (κ1) is 25.1. The summed E-state index contributed by atoms with van der Waals surface area (Å²) in [4.78, 5) is 18.5. The SMILES string of the molecule is C=C[C@H]1CN2CC[C@H]1C[C@H]2[C@H](O[C@@H]1O[C@H](C(=O)O)[C@@H](O)[C@H](O)[C@H]1O)c1ccnc2ccc(OC)cc12. The zero-order chi connectivity index (χ0) is 25.6. The van der Waals surface area contributed by atoms with E-state index in [2.05, 4.69) is 16.5 Å². The number of carbonyl (C=O) groups is 1. The number of rotatable bonds is 7. The molecule has 4 N–H and O–H groups in total. The third-order valence-corrected chi connectivity index (χ3v) is 7.89. The molecule has 2 bridgehead atoms. The summed E-state index contributed by atoms with van der Waals surface area (Å²) in [5, 5.41) is 41.5. The maximum absolute atomic E-state index is 11.7. The van der Waals surface area contributed by atoms with Crippen LogP contribution in [0.1, 0.15) is 24.5 Å².